The fourth-order valence-corrected chi connectivity index (χ4v) is 1.72. The average molecular weight is 263 g/mol. The van der Waals surface area contributed by atoms with Crippen molar-refractivity contribution < 1.29 is 4.74 Å². The van der Waals surface area contributed by atoms with Crippen molar-refractivity contribution in [3.63, 3.8) is 0 Å². The van der Waals surface area contributed by atoms with E-state index in [1.807, 2.05) is 18.2 Å². The van der Waals surface area contributed by atoms with Crippen LogP contribution in [0, 0.1) is 0 Å². The minimum atomic E-state index is 0.0247. The molecular formula is C15H25N3O. The largest absolute Gasteiger partial charge is 0.375 e. The second-order valence-electron chi connectivity index (χ2n) is 4.54. The summed E-state index contributed by atoms with van der Waals surface area (Å²) in [6.07, 6.45) is 1.09. The summed E-state index contributed by atoms with van der Waals surface area (Å²) in [5, 5.41) is 6.63. The van der Waals surface area contributed by atoms with Gasteiger partial charge in [0, 0.05) is 26.7 Å². The van der Waals surface area contributed by atoms with Crippen LogP contribution in [0.3, 0.4) is 0 Å². The summed E-state index contributed by atoms with van der Waals surface area (Å²) in [4.78, 5) is 4.21. The third-order valence-corrected chi connectivity index (χ3v) is 3.13. The van der Waals surface area contributed by atoms with Gasteiger partial charge in [0.05, 0.1) is 6.10 Å². The summed E-state index contributed by atoms with van der Waals surface area (Å²) in [6.45, 7) is 4.97. The number of rotatable bonds is 6. The van der Waals surface area contributed by atoms with E-state index in [0.717, 1.165) is 17.9 Å². The summed E-state index contributed by atoms with van der Waals surface area (Å²) >= 11 is 0. The molecule has 4 nitrogen and oxygen atoms in total. The molecule has 0 saturated carbocycles. The lowest BCUT2D eigenvalue weighted by atomic mass is 10.1. The number of nitrogens with one attached hydrogen (secondary N) is 2. The van der Waals surface area contributed by atoms with Gasteiger partial charge in [-0.15, -0.1) is 0 Å². The van der Waals surface area contributed by atoms with Gasteiger partial charge >= 0.3 is 0 Å². The van der Waals surface area contributed by atoms with Crippen LogP contribution in [-0.4, -0.2) is 32.7 Å². The van der Waals surface area contributed by atoms with Crippen molar-refractivity contribution in [2.45, 2.75) is 32.4 Å². The van der Waals surface area contributed by atoms with Crippen molar-refractivity contribution in [1.82, 2.24) is 10.6 Å². The van der Waals surface area contributed by atoms with Gasteiger partial charge in [-0.3, -0.25) is 4.99 Å². The second-order valence-corrected chi connectivity index (χ2v) is 4.54. The second kappa shape index (κ2) is 8.53. The van der Waals surface area contributed by atoms with Gasteiger partial charge in [0.1, 0.15) is 0 Å². The molecule has 1 rings (SSSR count). The zero-order chi connectivity index (χ0) is 14.1. The Morgan fingerprint density at radius 1 is 1.32 bits per heavy atom. The Morgan fingerprint density at radius 3 is 2.53 bits per heavy atom. The molecule has 0 fully saturated rings. The molecule has 0 bridgehead atoms. The average Bonchev–Trinajstić information content (AvgIpc) is 2.47. The standard InChI is InChI=1S/C15H25N3O/c1-5-12(2)18-15(16-3)17-11-14(19-4)13-9-7-6-8-10-13/h6-10,12,14H,5,11H2,1-4H3,(H2,16,17,18). The third kappa shape index (κ3) is 5.30. The fraction of sp³-hybridized carbons (Fsp3) is 0.533. The number of aliphatic imine (C=N–C) groups is 1. The van der Waals surface area contributed by atoms with Crippen molar-refractivity contribution in [2.75, 3.05) is 20.7 Å². The van der Waals surface area contributed by atoms with Gasteiger partial charge in [-0.25, -0.2) is 0 Å². The van der Waals surface area contributed by atoms with E-state index in [-0.39, 0.29) is 6.10 Å². The summed E-state index contributed by atoms with van der Waals surface area (Å²) in [7, 11) is 3.51. The highest BCUT2D eigenvalue weighted by Gasteiger charge is 2.11. The Balaban J connectivity index is 2.53. The maximum Gasteiger partial charge on any atom is 0.191 e. The van der Waals surface area contributed by atoms with E-state index in [1.54, 1.807) is 14.2 Å². The van der Waals surface area contributed by atoms with Crippen LogP contribution in [0.15, 0.2) is 35.3 Å². The Labute approximate surface area is 116 Å². The first kappa shape index (κ1) is 15.5. The molecule has 2 N–H and O–H groups in total. The van der Waals surface area contributed by atoms with E-state index >= 15 is 0 Å². The van der Waals surface area contributed by atoms with Crippen molar-refractivity contribution in [2.24, 2.45) is 4.99 Å². The Bertz CT molecular complexity index is 378. The van der Waals surface area contributed by atoms with Crippen molar-refractivity contribution >= 4 is 5.96 Å². The number of nitrogens with zero attached hydrogens (tertiary/aromatic N) is 1. The monoisotopic (exact) mass is 263 g/mol. The first-order valence-corrected chi connectivity index (χ1v) is 6.76. The van der Waals surface area contributed by atoms with Crippen molar-refractivity contribution in [3.05, 3.63) is 35.9 Å². The van der Waals surface area contributed by atoms with Gasteiger partial charge in [0.25, 0.3) is 0 Å². The lowest BCUT2D eigenvalue weighted by Gasteiger charge is -2.20. The molecule has 0 aliphatic rings. The number of methoxy groups -OCH3 is 1. The Kier molecular flexibility index (Phi) is 6.97. The van der Waals surface area contributed by atoms with Crippen molar-refractivity contribution in [3.8, 4) is 0 Å². The zero-order valence-electron chi connectivity index (χ0n) is 12.3. The smallest absolute Gasteiger partial charge is 0.191 e. The number of hydrogen-bond donors (Lipinski definition) is 2. The molecular weight excluding hydrogens is 238 g/mol. The highest BCUT2D eigenvalue weighted by molar-refractivity contribution is 5.79. The van der Waals surface area contributed by atoms with Crippen LogP contribution < -0.4 is 10.6 Å². The van der Waals surface area contributed by atoms with Crippen LogP contribution in [0.5, 0.6) is 0 Å². The van der Waals surface area contributed by atoms with E-state index in [0.29, 0.717) is 12.6 Å². The van der Waals surface area contributed by atoms with Crippen LogP contribution in [0.4, 0.5) is 0 Å². The molecule has 0 radical (unpaired) electrons. The summed E-state index contributed by atoms with van der Waals surface area (Å²) in [5.74, 6) is 0.812. The molecule has 0 aliphatic carbocycles. The molecule has 106 valence electrons. The normalized spacial score (nSPS) is 14.8. The van der Waals surface area contributed by atoms with Gasteiger partial charge in [-0.1, -0.05) is 37.3 Å². The Morgan fingerprint density at radius 2 is 2.00 bits per heavy atom. The highest BCUT2D eigenvalue weighted by atomic mass is 16.5. The molecule has 0 saturated heterocycles. The van der Waals surface area contributed by atoms with E-state index < -0.39 is 0 Å². The molecule has 4 heteroatoms. The number of guanidine groups is 1. The van der Waals surface area contributed by atoms with E-state index in [2.05, 4.69) is 41.6 Å². The van der Waals surface area contributed by atoms with Gasteiger partial charge in [0.2, 0.25) is 0 Å². The molecule has 2 atom stereocenters. The molecule has 0 aliphatic heterocycles. The molecule has 19 heavy (non-hydrogen) atoms. The first-order valence-electron chi connectivity index (χ1n) is 6.76. The van der Waals surface area contributed by atoms with E-state index in [1.165, 1.54) is 0 Å². The molecule has 0 amide bonds. The third-order valence-electron chi connectivity index (χ3n) is 3.13. The topological polar surface area (TPSA) is 45.7 Å². The van der Waals surface area contributed by atoms with Crippen LogP contribution in [0.1, 0.15) is 31.9 Å². The SMILES string of the molecule is CCC(C)NC(=NC)NCC(OC)c1ccccc1. The maximum absolute atomic E-state index is 5.52. The van der Waals surface area contributed by atoms with Crippen LogP contribution in [0.2, 0.25) is 0 Å². The summed E-state index contributed by atoms with van der Waals surface area (Å²) in [5.41, 5.74) is 1.16. The Hall–Kier alpha value is -1.55. The minimum absolute atomic E-state index is 0.0247. The van der Waals surface area contributed by atoms with Gasteiger partial charge in [-0.2, -0.15) is 0 Å². The number of benzene rings is 1. The van der Waals surface area contributed by atoms with Gasteiger partial charge < -0.3 is 15.4 Å². The van der Waals surface area contributed by atoms with Crippen LogP contribution in [0.25, 0.3) is 0 Å². The predicted molar refractivity (Wildman–Crippen MR) is 80.4 cm³/mol. The lowest BCUT2D eigenvalue weighted by Crippen LogP contribution is -2.43. The zero-order valence-corrected chi connectivity index (χ0v) is 12.3. The minimum Gasteiger partial charge on any atom is -0.375 e. The molecule has 0 heterocycles. The fourth-order valence-electron chi connectivity index (χ4n) is 1.72. The van der Waals surface area contributed by atoms with Gasteiger partial charge in [-0.05, 0) is 18.9 Å². The highest BCUT2D eigenvalue weighted by Crippen LogP contribution is 2.14. The number of hydrogen-bond acceptors (Lipinski definition) is 2. The maximum atomic E-state index is 5.52. The van der Waals surface area contributed by atoms with Crippen LogP contribution >= 0.6 is 0 Å². The quantitative estimate of drug-likeness (QED) is 0.611. The summed E-state index contributed by atoms with van der Waals surface area (Å²) < 4.78 is 5.52. The van der Waals surface area contributed by atoms with Crippen LogP contribution in [-0.2, 0) is 4.74 Å². The summed E-state index contributed by atoms with van der Waals surface area (Å²) in [6, 6.07) is 10.6. The molecule has 0 spiro atoms. The molecule has 2 unspecified atom stereocenters. The van der Waals surface area contributed by atoms with Crippen molar-refractivity contribution in [1.29, 1.82) is 0 Å². The van der Waals surface area contributed by atoms with E-state index in [9.17, 15) is 0 Å². The predicted octanol–water partition coefficient (Wildman–Crippen LogP) is 2.34. The molecule has 1 aromatic carbocycles. The number of ether oxygens (including phenoxy) is 1. The first-order chi connectivity index (χ1) is 9.21. The lowest BCUT2D eigenvalue weighted by molar-refractivity contribution is 0.106. The molecule has 1 aromatic rings. The molecule has 0 aromatic heterocycles. The van der Waals surface area contributed by atoms with E-state index in [4.69, 9.17) is 4.74 Å². The van der Waals surface area contributed by atoms with Gasteiger partial charge in [0.15, 0.2) is 5.96 Å².